The molecule has 4 heterocycles. The quantitative estimate of drug-likeness (QED) is 0.481. The molecule has 0 radical (unpaired) electrons. The van der Waals surface area contributed by atoms with Crippen LogP contribution in [0.2, 0.25) is 0 Å². The van der Waals surface area contributed by atoms with Gasteiger partial charge in [0.25, 0.3) is 17.7 Å². The number of amides is 3. The molecular weight excluding hydrogens is 538 g/mol. The van der Waals surface area contributed by atoms with Crippen LogP contribution in [0.5, 0.6) is 17.2 Å². The van der Waals surface area contributed by atoms with Crippen molar-refractivity contribution in [1.82, 2.24) is 25.3 Å². The van der Waals surface area contributed by atoms with Gasteiger partial charge in [0.1, 0.15) is 29.0 Å². The van der Waals surface area contributed by atoms with Crippen molar-refractivity contribution in [3.05, 3.63) is 71.0 Å². The van der Waals surface area contributed by atoms with Crippen molar-refractivity contribution in [2.24, 2.45) is 5.92 Å². The number of likely N-dealkylation sites (tertiary alicyclic amines) is 1. The van der Waals surface area contributed by atoms with Gasteiger partial charge in [0, 0.05) is 31.3 Å². The lowest BCUT2D eigenvalue weighted by Gasteiger charge is -2.21. The Hall–Kier alpha value is -4.54. The van der Waals surface area contributed by atoms with Gasteiger partial charge in [-0.15, -0.1) is 0 Å². The molecule has 1 saturated carbocycles. The van der Waals surface area contributed by atoms with Crippen LogP contribution in [0, 0.1) is 12.8 Å². The Morgan fingerprint density at radius 2 is 1.88 bits per heavy atom. The predicted octanol–water partition coefficient (Wildman–Crippen LogP) is 2.71. The normalized spacial score (nSPS) is 20.6. The number of hydrogen-bond donors (Lipinski definition) is 2. The third-order valence-corrected chi connectivity index (χ3v) is 7.69. The van der Waals surface area contributed by atoms with E-state index in [2.05, 4.69) is 15.7 Å². The number of carbonyl (C=O) groups excluding carboxylic acids is 3. The standard InChI is InChI=1S/C31H35N5O6/c1-3-36-27(10-19(2)34-36)31(39)35-15-26-28(16-35)42-23-8-6-20(7-9-23)14-32-29(37)18-41-25-12-22(30(38)33-26)11-24(13-25)40-17-21-4-5-21/h6-13,21,26,28H,3-5,14-18H2,1-2H3,(H,32,37)(H,33,38)/t26-,28-/m0/s1. The van der Waals surface area contributed by atoms with E-state index in [0.29, 0.717) is 54.1 Å². The number of aromatic nitrogens is 2. The van der Waals surface area contributed by atoms with Crippen LogP contribution in [-0.2, 0) is 17.9 Å². The van der Waals surface area contributed by atoms with Crippen molar-refractivity contribution in [2.45, 2.75) is 51.9 Å². The van der Waals surface area contributed by atoms with Gasteiger partial charge in [-0.25, -0.2) is 0 Å². The molecule has 0 spiro atoms. The van der Waals surface area contributed by atoms with E-state index in [0.717, 1.165) is 24.1 Å². The highest BCUT2D eigenvalue weighted by Gasteiger charge is 2.39. The molecule has 3 aliphatic heterocycles. The summed E-state index contributed by atoms with van der Waals surface area (Å²) < 4.78 is 19.8. The topological polar surface area (TPSA) is 124 Å². The second-order valence-electron chi connectivity index (χ2n) is 11.1. The van der Waals surface area contributed by atoms with E-state index in [-0.39, 0.29) is 37.4 Å². The maximum atomic E-state index is 13.6. The van der Waals surface area contributed by atoms with Gasteiger partial charge in [0.15, 0.2) is 6.61 Å². The first-order valence-corrected chi connectivity index (χ1v) is 14.4. The molecular formula is C31H35N5O6. The first kappa shape index (κ1) is 27.6. The van der Waals surface area contributed by atoms with E-state index >= 15 is 0 Å². The molecule has 3 aromatic rings. The molecule has 1 saturated heterocycles. The second-order valence-corrected chi connectivity index (χ2v) is 11.1. The van der Waals surface area contributed by atoms with E-state index < -0.39 is 12.1 Å². The van der Waals surface area contributed by atoms with Gasteiger partial charge >= 0.3 is 0 Å². The average molecular weight is 574 g/mol. The zero-order valence-electron chi connectivity index (χ0n) is 23.8. The summed E-state index contributed by atoms with van der Waals surface area (Å²) in [4.78, 5) is 41.4. The first-order chi connectivity index (χ1) is 20.3. The number of hydrogen-bond acceptors (Lipinski definition) is 7. The zero-order chi connectivity index (χ0) is 29.2. The predicted molar refractivity (Wildman–Crippen MR) is 153 cm³/mol. The van der Waals surface area contributed by atoms with Gasteiger partial charge in [-0.05, 0) is 68.5 Å². The van der Waals surface area contributed by atoms with Crippen LogP contribution < -0.4 is 24.8 Å². The highest BCUT2D eigenvalue weighted by Crippen LogP contribution is 2.31. The molecule has 11 heteroatoms. The third-order valence-electron chi connectivity index (χ3n) is 7.69. The average Bonchev–Trinajstić information content (AvgIpc) is 3.63. The fraction of sp³-hybridized carbons (Fsp3) is 0.419. The van der Waals surface area contributed by atoms with Gasteiger partial charge in [0.05, 0.1) is 24.9 Å². The Morgan fingerprint density at radius 1 is 1.07 bits per heavy atom. The molecule has 3 amide bonds. The largest absolute Gasteiger partial charge is 0.493 e. The SMILES string of the molecule is CCn1nc(C)cc1C(=O)N1C[C@@H]2NC(=O)c3cc(cc(OCC4CC4)c3)OCC(=O)NCc3ccc(cc3)O[C@H]2C1. The molecule has 220 valence electrons. The second kappa shape index (κ2) is 11.8. The lowest BCUT2D eigenvalue weighted by Crippen LogP contribution is -2.45. The van der Waals surface area contributed by atoms with Gasteiger partial charge in [0.2, 0.25) is 0 Å². The van der Waals surface area contributed by atoms with Gasteiger partial charge < -0.3 is 29.7 Å². The summed E-state index contributed by atoms with van der Waals surface area (Å²) in [6.07, 6.45) is 1.76. The molecule has 1 aliphatic carbocycles. The zero-order valence-corrected chi connectivity index (χ0v) is 23.8. The molecule has 2 aromatic carbocycles. The molecule has 42 heavy (non-hydrogen) atoms. The van der Waals surface area contributed by atoms with Crippen LogP contribution in [0.4, 0.5) is 0 Å². The number of aryl methyl sites for hydroxylation is 2. The maximum absolute atomic E-state index is 13.6. The minimum atomic E-state index is -0.497. The molecule has 4 aliphatic rings. The van der Waals surface area contributed by atoms with Crippen molar-refractivity contribution in [3.63, 3.8) is 0 Å². The summed E-state index contributed by atoms with van der Waals surface area (Å²) >= 11 is 0. The number of benzene rings is 2. The van der Waals surface area contributed by atoms with Crippen molar-refractivity contribution in [3.8, 4) is 17.2 Å². The lowest BCUT2D eigenvalue weighted by molar-refractivity contribution is -0.123. The van der Waals surface area contributed by atoms with Crippen molar-refractivity contribution in [2.75, 3.05) is 26.3 Å². The number of fused-ring (bicyclic) bond motifs is 7. The molecule has 2 fully saturated rings. The molecule has 11 nitrogen and oxygen atoms in total. The number of ether oxygens (including phenoxy) is 3. The Morgan fingerprint density at radius 3 is 2.64 bits per heavy atom. The molecule has 0 unspecified atom stereocenters. The summed E-state index contributed by atoms with van der Waals surface area (Å²) in [5.41, 5.74) is 2.50. The Bertz CT molecular complexity index is 1480. The minimum Gasteiger partial charge on any atom is -0.493 e. The Kier molecular flexibility index (Phi) is 7.73. The molecule has 7 rings (SSSR count). The summed E-state index contributed by atoms with van der Waals surface area (Å²) in [7, 11) is 0. The number of nitrogens with one attached hydrogen (secondary N) is 2. The van der Waals surface area contributed by atoms with E-state index in [1.807, 2.05) is 38.1 Å². The van der Waals surface area contributed by atoms with Crippen LogP contribution >= 0.6 is 0 Å². The van der Waals surface area contributed by atoms with E-state index in [9.17, 15) is 14.4 Å². The summed E-state index contributed by atoms with van der Waals surface area (Å²) in [6, 6.07) is 13.6. The van der Waals surface area contributed by atoms with Crippen molar-refractivity contribution >= 4 is 17.7 Å². The highest BCUT2D eigenvalue weighted by atomic mass is 16.5. The van der Waals surface area contributed by atoms with Crippen molar-refractivity contribution in [1.29, 1.82) is 0 Å². The molecule has 1 aromatic heterocycles. The molecule has 2 atom stereocenters. The van der Waals surface area contributed by atoms with E-state index in [4.69, 9.17) is 14.2 Å². The Labute approximate surface area is 244 Å². The summed E-state index contributed by atoms with van der Waals surface area (Å²) in [5.74, 6) is 1.17. The van der Waals surface area contributed by atoms with Crippen LogP contribution in [0.25, 0.3) is 0 Å². The van der Waals surface area contributed by atoms with E-state index in [1.54, 1.807) is 33.8 Å². The molecule has 2 N–H and O–H groups in total. The smallest absolute Gasteiger partial charge is 0.272 e. The monoisotopic (exact) mass is 573 g/mol. The van der Waals surface area contributed by atoms with Gasteiger partial charge in [-0.3, -0.25) is 19.1 Å². The molecule has 4 bridgehead atoms. The fourth-order valence-corrected chi connectivity index (χ4v) is 5.20. The number of rotatable bonds is 5. The van der Waals surface area contributed by atoms with Crippen LogP contribution in [-0.4, -0.2) is 70.9 Å². The lowest BCUT2D eigenvalue weighted by atomic mass is 10.1. The number of nitrogens with zero attached hydrogens (tertiary/aromatic N) is 3. The summed E-state index contributed by atoms with van der Waals surface area (Å²) in [5, 5.41) is 10.4. The summed E-state index contributed by atoms with van der Waals surface area (Å²) in [6.45, 7) is 5.61. The van der Waals surface area contributed by atoms with E-state index in [1.165, 1.54) is 0 Å². The first-order valence-electron chi connectivity index (χ1n) is 14.4. The van der Waals surface area contributed by atoms with Gasteiger partial charge in [-0.1, -0.05) is 12.1 Å². The fourth-order valence-electron chi connectivity index (χ4n) is 5.20. The maximum Gasteiger partial charge on any atom is 0.272 e. The van der Waals surface area contributed by atoms with Crippen LogP contribution in [0.1, 0.15) is 51.9 Å². The third kappa shape index (κ3) is 6.35. The van der Waals surface area contributed by atoms with Crippen LogP contribution in [0.3, 0.4) is 0 Å². The minimum absolute atomic E-state index is 0.165. The van der Waals surface area contributed by atoms with Gasteiger partial charge in [-0.2, -0.15) is 5.10 Å². The number of carbonyl (C=O) groups is 3. The highest BCUT2D eigenvalue weighted by molar-refractivity contribution is 5.96. The Balaban J connectivity index is 1.29. The van der Waals surface area contributed by atoms with Crippen molar-refractivity contribution < 1.29 is 28.6 Å². The van der Waals surface area contributed by atoms with Crippen LogP contribution in [0.15, 0.2) is 48.5 Å².